The number of hydrogen-bond acceptors (Lipinski definition) is 4. The van der Waals surface area contributed by atoms with E-state index in [0.29, 0.717) is 6.42 Å². The van der Waals surface area contributed by atoms with Gasteiger partial charge in [0.25, 0.3) is 0 Å². The molecule has 4 heteroatoms. The number of rotatable bonds is 4. The largest absolute Gasteiger partial charge is 0.496 e. The summed E-state index contributed by atoms with van der Waals surface area (Å²) in [6.45, 7) is 2.11. The zero-order chi connectivity index (χ0) is 13.7. The van der Waals surface area contributed by atoms with Crippen molar-refractivity contribution < 1.29 is 9.47 Å². The molecule has 0 radical (unpaired) electrons. The van der Waals surface area contributed by atoms with E-state index < -0.39 is 0 Å². The van der Waals surface area contributed by atoms with Gasteiger partial charge in [0, 0.05) is 24.7 Å². The minimum atomic E-state index is 0.333. The van der Waals surface area contributed by atoms with Crippen LogP contribution in [0, 0.1) is 11.3 Å². The Morgan fingerprint density at radius 1 is 1.11 bits per heavy atom. The van der Waals surface area contributed by atoms with Crippen LogP contribution in [-0.4, -0.2) is 27.3 Å². The molecule has 0 aromatic heterocycles. The lowest BCUT2D eigenvalue weighted by molar-refractivity contribution is 0.398. The Bertz CT molecular complexity index is 474. The van der Waals surface area contributed by atoms with Gasteiger partial charge in [0.1, 0.15) is 11.5 Å². The van der Waals surface area contributed by atoms with Crippen molar-refractivity contribution in [2.45, 2.75) is 25.7 Å². The summed E-state index contributed by atoms with van der Waals surface area (Å²) >= 11 is 0. The molecule has 1 aliphatic rings. The van der Waals surface area contributed by atoms with Gasteiger partial charge in [0.05, 0.1) is 32.4 Å². The van der Waals surface area contributed by atoms with E-state index in [2.05, 4.69) is 11.0 Å². The first kappa shape index (κ1) is 13.5. The van der Waals surface area contributed by atoms with Crippen molar-refractivity contribution in [3.63, 3.8) is 0 Å². The van der Waals surface area contributed by atoms with Gasteiger partial charge in [-0.25, -0.2) is 0 Å². The van der Waals surface area contributed by atoms with Crippen molar-refractivity contribution in [3.8, 4) is 17.6 Å². The number of nitrogens with zero attached hydrogens (tertiary/aromatic N) is 2. The molecule has 0 amide bonds. The number of piperidine rings is 1. The maximum atomic E-state index is 8.86. The molecule has 102 valence electrons. The Hall–Kier alpha value is -1.89. The first-order valence-corrected chi connectivity index (χ1v) is 6.67. The third-order valence-electron chi connectivity index (χ3n) is 3.55. The van der Waals surface area contributed by atoms with E-state index in [4.69, 9.17) is 14.7 Å². The third-order valence-corrected chi connectivity index (χ3v) is 3.55. The van der Waals surface area contributed by atoms with Gasteiger partial charge in [0.2, 0.25) is 0 Å². The average Bonchev–Trinajstić information content (AvgIpc) is 2.48. The van der Waals surface area contributed by atoms with E-state index in [0.717, 1.165) is 35.8 Å². The molecule has 1 aromatic carbocycles. The first-order chi connectivity index (χ1) is 9.30. The summed E-state index contributed by atoms with van der Waals surface area (Å²) in [6, 6.07) is 6.08. The lowest BCUT2D eigenvalue weighted by Crippen LogP contribution is -2.29. The smallest absolute Gasteiger partial charge is 0.142 e. The zero-order valence-electron chi connectivity index (χ0n) is 11.6. The van der Waals surface area contributed by atoms with Gasteiger partial charge in [0.15, 0.2) is 0 Å². The van der Waals surface area contributed by atoms with Crippen molar-refractivity contribution in [1.82, 2.24) is 0 Å². The second kappa shape index (κ2) is 6.33. The quantitative estimate of drug-likeness (QED) is 0.835. The lowest BCUT2D eigenvalue weighted by Gasteiger charge is -2.30. The molecule has 1 aromatic rings. The molecule has 1 fully saturated rings. The van der Waals surface area contributed by atoms with Crippen LogP contribution in [0.4, 0.5) is 5.69 Å². The molecule has 19 heavy (non-hydrogen) atoms. The molecule has 0 bridgehead atoms. The van der Waals surface area contributed by atoms with Gasteiger partial charge >= 0.3 is 0 Å². The Kier molecular flexibility index (Phi) is 4.51. The second-order valence-electron chi connectivity index (χ2n) is 4.72. The summed E-state index contributed by atoms with van der Waals surface area (Å²) < 4.78 is 10.9. The molecule has 0 N–H and O–H groups in total. The molecule has 0 unspecified atom stereocenters. The standard InChI is InChI=1S/C15H20N2O2/c1-18-14-11-13(17-8-4-3-5-9-17)15(19-2)10-12(14)6-7-16/h10-11H,3-6,8-9H2,1-2H3. The third kappa shape index (κ3) is 2.93. The van der Waals surface area contributed by atoms with Crippen LogP contribution in [-0.2, 0) is 6.42 Å². The summed E-state index contributed by atoms with van der Waals surface area (Å²) in [4.78, 5) is 2.33. The van der Waals surface area contributed by atoms with E-state index in [-0.39, 0.29) is 0 Å². The maximum Gasteiger partial charge on any atom is 0.142 e. The highest BCUT2D eigenvalue weighted by Gasteiger charge is 2.18. The molecule has 0 atom stereocenters. The Morgan fingerprint density at radius 3 is 2.37 bits per heavy atom. The number of ether oxygens (including phenoxy) is 2. The van der Waals surface area contributed by atoms with Gasteiger partial charge in [-0.1, -0.05) is 0 Å². The summed E-state index contributed by atoms with van der Waals surface area (Å²) in [5, 5.41) is 8.86. The van der Waals surface area contributed by atoms with Gasteiger partial charge in [-0.3, -0.25) is 0 Å². The summed E-state index contributed by atoms with van der Waals surface area (Å²) in [7, 11) is 3.31. The van der Waals surface area contributed by atoms with Crippen LogP contribution in [0.2, 0.25) is 0 Å². The van der Waals surface area contributed by atoms with Crippen molar-refractivity contribution in [3.05, 3.63) is 17.7 Å². The zero-order valence-corrected chi connectivity index (χ0v) is 11.6. The Balaban J connectivity index is 2.38. The molecule has 0 spiro atoms. The van der Waals surface area contributed by atoms with Crippen LogP contribution in [0.3, 0.4) is 0 Å². The van der Waals surface area contributed by atoms with Gasteiger partial charge in [-0.2, -0.15) is 5.26 Å². The molecule has 4 nitrogen and oxygen atoms in total. The molecule has 2 rings (SSSR count). The second-order valence-corrected chi connectivity index (χ2v) is 4.72. The van der Waals surface area contributed by atoms with E-state index in [1.807, 2.05) is 12.1 Å². The fourth-order valence-electron chi connectivity index (χ4n) is 2.55. The fourth-order valence-corrected chi connectivity index (χ4v) is 2.55. The average molecular weight is 260 g/mol. The van der Waals surface area contributed by atoms with Crippen LogP contribution >= 0.6 is 0 Å². The number of hydrogen-bond donors (Lipinski definition) is 0. The van der Waals surface area contributed by atoms with Gasteiger partial charge in [-0.15, -0.1) is 0 Å². The van der Waals surface area contributed by atoms with Crippen molar-refractivity contribution in [1.29, 1.82) is 5.26 Å². The summed E-state index contributed by atoms with van der Waals surface area (Å²) in [5.74, 6) is 1.59. The fraction of sp³-hybridized carbons (Fsp3) is 0.533. The normalized spacial score (nSPS) is 14.9. The number of benzene rings is 1. The molecule has 0 saturated carbocycles. The topological polar surface area (TPSA) is 45.5 Å². The Morgan fingerprint density at radius 2 is 1.79 bits per heavy atom. The minimum Gasteiger partial charge on any atom is -0.496 e. The predicted octanol–water partition coefficient (Wildman–Crippen LogP) is 2.76. The summed E-state index contributed by atoms with van der Waals surface area (Å²) in [5.41, 5.74) is 1.95. The number of methoxy groups -OCH3 is 2. The van der Waals surface area contributed by atoms with Crippen LogP contribution in [0.1, 0.15) is 24.8 Å². The highest BCUT2D eigenvalue weighted by atomic mass is 16.5. The monoisotopic (exact) mass is 260 g/mol. The van der Waals surface area contributed by atoms with Crippen molar-refractivity contribution in [2.24, 2.45) is 0 Å². The first-order valence-electron chi connectivity index (χ1n) is 6.67. The van der Waals surface area contributed by atoms with Crippen LogP contribution < -0.4 is 14.4 Å². The summed E-state index contributed by atoms with van der Waals surface area (Å²) in [6.07, 6.45) is 4.05. The van der Waals surface area contributed by atoms with E-state index in [1.165, 1.54) is 19.3 Å². The lowest BCUT2D eigenvalue weighted by atomic mass is 10.1. The minimum absolute atomic E-state index is 0.333. The SMILES string of the molecule is COc1cc(N2CCCCC2)c(OC)cc1CC#N. The number of anilines is 1. The maximum absolute atomic E-state index is 8.86. The highest BCUT2D eigenvalue weighted by molar-refractivity contribution is 5.64. The van der Waals surface area contributed by atoms with Crippen LogP contribution in [0.15, 0.2) is 12.1 Å². The van der Waals surface area contributed by atoms with E-state index in [1.54, 1.807) is 14.2 Å². The molecule has 1 saturated heterocycles. The van der Waals surface area contributed by atoms with E-state index >= 15 is 0 Å². The molecular weight excluding hydrogens is 240 g/mol. The molecule has 1 aliphatic heterocycles. The van der Waals surface area contributed by atoms with Crippen LogP contribution in [0.25, 0.3) is 0 Å². The predicted molar refractivity (Wildman–Crippen MR) is 74.9 cm³/mol. The van der Waals surface area contributed by atoms with Crippen molar-refractivity contribution >= 4 is 5.69 Å². The highest BCUT2D eigenvalue weighted by Crippen LogP contribution is 2.36. The van der Waals surface area contributed by atoms with Gasteiger partial charge in [-0.05, 0) is 25.3 Å². The number of nitriles is 1. The Labute approximate surface area is 114 Å². The molecule has 1 heterocycles. The van der Waals surface area contributed by atoms with Crippen molar-refractivity contribution in [2.75, 3.05) is 32.2 Å². The van der Waals surface area contributed by atoms with Crippen LogP contribution in [0.5, 0.6) is 11.5 Å². The molecule has 0 aliphatic carbocycles. The van der Waals surface area contributed by atoms with Gasteiger partial charge < -0.3 is 14.4 Å². The molecular formula is C15H20N2O2. The van der Waals surface area contributed by atoms with E-state index in [9.17, 15) is 0 Å².